The van der Waals surface area contributed by atoms with Gasteiger partial charge in [0.15, 0.2) is 0 Å². The Hall–Kier alpha value is -1.32. The van der Waals surface area contributed by atoms with E-state index in [1.165, 1.54) is 25.7 Å². The van der Waals surface area contributed by atoms with Crippen molar-refractivity contribution >= 4 is 11.6 Å². The largest absolute Gasteiger partial charge is 0.369 e. The fourth-order valence-corrected chi connectivity index (χ4v) is 2.63. The Morgan fingerprint density at radius 2 is 2.06 bits per heavy atom. The quantitative estimate of drug-likeness (QED) is 0.870. The smallest absolute Gasteiger partial charge is 0.149 e. The SMILES string of the molecule is CCCC1CCN(c2cncc(NCC)n2)CC1. The van der Waals surface area contributed by atoms with E-state index in [-0.39, 0.29) is 0 Å². The normalized spacial score (nSPS) is 16.9. The summed E-state index contributed by atoms with van der Waals surface area (Å²) in [6, 6.07) is 0. The second-order valence-electron chi connectivity index (χ2n) is 5.01. The molecular formula is C14H24N4. The molecule has 0 spiro atoms. The number of rotatable bonds is 5. The van der Waals surface area contributed by atoms with Crippen molar-refractivity contribution in [3.63, 3.8) is 0 Å². The molecule has 1 saturated heterocycles. The predicted molar refractivity (Wildman–Crippen MR) is 76.0 cm³/mol. The summed E-state index contributed by atoms with van der Waals surface area (Å²) in [5, 5.41) is 3.22. The Bertz CT molecular complexity index is 359. The van der Waals surface area contributed by atoms with Gasteiger partial charge in [-0.25, -0.2) is 4.98 Å². The molecule has 0 aliphatic carbocycles. The van der Waals surface area contributed by atoms with Crippen molar-refractivity contribution in [3.05, 3.63) is 12.4 Å². The highest BCUT2D eigenvalue weighted by atomic mass is 15.2. The molecule has 1 aliphatic heterocycles. The van der Waals surface area contributed by atoms with Gasteiger partial charge in [-0.05, 0) is 25.7 Å². The summed E-state index contributed by atoms with van der Waals surface area (Å²) in [6.07, 6.45) is 8.93. The lowest BCUT2D eigenvalue weighted by Crippen LogP contribution is -2.34. The minimum Gasteiger partial charge on any atom is -0.369 e. The Morgan fingerprint density at radius 1 is 1.28 bits per heavy atom. The van der Waals surface area contributed by atoms with Crippen LogP contribution in [0, 0.1) is 5.92 Å². The Balaban J connectivity index is 1.94. The molecule has 0 unspecified atom stereocenters. The van der Waals surface area contributed by atoms with E-state index in [0.29, 0.717) is 0 Å². The Morgan fingerprint density at radius 3 is 2.72 bits per heavy atom. The first-order valence-corrected chi connectivity index (χ1v) is 7.14. The van der Waals surface area contributed by atoms with E-state index in [1.807, 2.05) is 6.20 Å². The number of anilines is 2. The summed E-state index contributed by atoms with van der Waals surface area (Å²) in [7, 11) is 0. The minimum atomic E-state index is 0.880. The van der Waals surface area contributed by atoms with Crippen molar-refractivity contribution in [3.8, 4) is 0 Å². The standard InChI is InChI=1S/C14H24N4/c1-3-5-12-6-8-18(9-7-12)14-11-15-10-13(17-14)16-4-2/h10-12H,3-9H2,1-2H3,(H,16,17). The zero-order valence-corrected chi connectivity index (χ0v) is 11.5. The molecule has 1 aromatic heterocycles. The zero-order chi connectivity index (χ0) is 12.8. The second-order valence-corrected chi connectivity index (χ2v) is 5.01. The van der Waals surface area contributed by atoms with Crippen molar-refractivity contribution in [2.45, 2.75) is 39.5 Å². The molecule has 2 heterocycles. The van der Waals surface area contributed by atoms with Crippen LogP contribution in [0.2, 0.25) is 0 Å². The van der Waals surface area contributed by atoms with Gasteiger partial charge in [0, 0.05) is 19.6 Å². The molecule has 4 nitrogen and oxygen atoms in total. The molecule has 0 bridgehead atoms. The molecule has 2 rings (SSSR count). The van der Waals surface area contributed by atoms with E-state index in [0.717, 1.165) is 37.2 Å². The van der Waals surface area contributed by atoms with Gasteiger partial charge >= 0.3 is 0 Å². The highest BCUT2D eigenvalue weighted by Gasteiger charge is 2.19. The maximum Gasteiger partial charge on any atom is 0.149 e. The van der Waals surface area contributed by atoms with Crippen molar-refractivity contribution in [2.24, 2.45) is 5.92 Å². The highest BCUT2D eigenvalue weighted by Crippen LogP contribution is 2.24. The van der Waals surface area contributed by atoms with Crippen molar-refractivity contribution < 1.29 is 0 Å². The second kappa shape index (κ2) is 6.57. The fraction of sp³-hybridized carbons (Fsp3) is 0.714. The summed E-state index contributed by atoms with van der Waals surface area (Å²) in [5.41, 5.74) is 0. The minimum absolute atomic E-state index is 0.880. The van der Waals surface area contributed by atoms with Crippen LogP contribution in [0.5, 0.6) is 0 Å². The van der Waals surface area contributed by atoms with Crippen molar-refractivity contribution in [1.82, 2.24) is 9.97 Å². The fourth-order valence-electron chi connectivity index (χ4n) is 2.63. The molecule has 1 aliphatic rings. The summed E-state index contributed by atoms with van der Waals surface area (Å²) >= 11 is 0. The number of hydrogen-bond donors (Lipinski definition) is 1. The molecule has 1 N–H and O–H groups in total. The van der Waals surface area contributed by atoms with Gasteiger partial charge in [0.25, 0.3) is 0 Å². The van der Waals surface area contributed by atoms with Crippen LogP contribution in [0.15, 0.2) is 12.4 Å². The molecule has 0 amide bonds. The summed E-state index contributed by atoms with van der Waals surface area (Å²) in [5.74, 6) is 2.81. The van der Waals surface area contributed by atoms with Gasteiger partial charge in [0.2, 0.25) is 0 Å². The first kappa shape index (κ1) is 13.1. The van der Waals surface area contributed by atoms with Crippen LogP contribution < -0.4 is 10.2 Å². The van der Waals surface area contributed by atoms with Crippen LogP contribution in [0.1, 0.15) is 39.5 Å². The molecule has 1 fully saturated rings. The van der Waals surface area contributed by atoms with E-state index in [4.69, 9.17) is 0 Å². The van der Waals surface area contributed by atoms with Crippen molar-refractivity contribution in [2.75, 3.05) is 29.9 Å². The molecule has 100 valence electrons. The van der Waals surface area contributed by atoms with Gasteiger partial charge in [-0.15, -0.1) is 0 Å². The molecular weight excluding hydrogens is 224 g/mol. The lowest BCUT2D eigenvalue weighted by atomic mass is 9.92. The first-order valence-electron chi connectivity index (χ1n) is 7.14. The number of piperidine rings is 1. The summed E-state index contributed by atoms with van der Waals surface area (Å²) in [4.78, 5) is 11.2. The maximum atomic E-state index is 4.61. The number of nitrogens with one attached hydrogen (secondary N) is 1. The van der Waals surface area contributed by atoms with E-state index in [9.17, 15) is 0 Å². The maximum absolute atomic E-state index is 4.61. The lowest BCUT2D eigenvalue weighted by Gasteiger charge is -2.32. The average molecular weight is 248 g/mol. The van der Waals surface area contributed by atoms with Crippen LogP contribution in [0.25, 0.3) is 0 Å². The topological polar surface area (TPSA) is 41.1 Å². The number of hydrogen-bond acceptors (Lipinski definition) is 4. The molecule has 0 aromatic carbocycles. The van der Waals surface area contributed by atoms with Gasteiger partial charge in [-0.3, -0.25) is 4.98 Å². The number of nitrogens with zero attached hydrogens (tertiary/aromatic N) is 3. The number of aromatic nitrogens is 2. The highest BCUT2D eigenvalue weighted by molar-refractivity contribution is 5.44. The Labute approximate surface area is 110 Å². The third-order valence-corrected chi connectivity index (χ3v) is 3.62. The van der Waals surface area contributed by atoms with Gasteiger partial charge in [0.05, 0.1) is 12.4 Å². The van der Waals surface area contributed by atoms with Gasteiger partial charge < -0.3 is 10.2 Å². The molecule has 0 atom stereocenters. The van der Waals surface area contributed by atoms with E-state index in [1.54, 1.807) is 6.20 Å². The summed E-state index contributed by atoms with van der Waals surface area (Å²) < 4.78 is 0. The van der Waals surface area contributed by atoms with Gasteiger partial charge in [-0.1, -0.05) is 19.8 Å². The third-order valence-electron chi connectivity index (χ3n) is 3.62. The van der Waals surface area contributed by atoms with E-state index >= 15 is 0 Å². The molecule has 0 radical (unpaired) electrons. The summed E-state index contributed by atoms with van der Waals surface area (Å²) in [6.45, 7) is 7.48. The average Bonchev–Trinajstić information content (AvgIpc) is 2.41. The van der Waals surface area contributed by atoms with Crippen LogP contribution >= 0.6 is 0 Å². The third kappa shape index (κ3) is 3.34. The van der Waals surface area contributed by atoms with E-state index in [2.05, 4.69) is 34.0 Å². The molecule has 18 heavy (non-hydrogen) atoms. The molecule has 0 saturated carbocycles. The van der Waals surface area contributed by atoms with Crippen LogP contribution in [-0.4, -0.2) is 29.6 Å². The van der Waals surface area contributed by atoms with Gasteiger partial charge in [0.1, 0.15) is 11.6 Å². The van der Waals surface area contributed by atoms with Crippen LogP contribution in [0.3, 0.4) is 0 Å². The lowest BCUT2D eigenvalue weighted by molar-refractivity contribution is 0.377. The predicted octanol–water partition coefficient (Wildman–Crippen LogP) is 2.92. The van der Waals surface area contributed by atoms with Gasteiger partial charge in [-0.2, -0.15) is 0 Å². The van der Waals surface area contributed by atoms with Crippen LogP contribution in [0.4, 0.5) is 11.6 Å². The van der Waals surface area contributed by atoms with Crippen LogP contribution in [-0.2, 0) is 0 Å². The molecule has 1 aromatic rings. The molecule has 4 heteroatoms. The van der Waals surface area contributed by atoms with E-state index < -0.39 is 0 Å². The monoisotopic (exact) mass is 248 g/mol. The first-order chi connectivity index (χ1) is 8.83. The van der Waals surface area contributed by atoms with Crippen molar-refractivity contribution in [1.29, 1.82) is 0 Å². The Kier molecular flexibility index (Phi) is 4.79. The zero-order valence-electron chi connectivity index (χ0n) is 11.5.